The fourth-order valence-electron chi connectivity index (χ4n) is 3.22. The Bertz CT molecular complexity index is 1140. The van der Waals surface area contributed by atoms with E-state index in [0.717, 1.165) is 16.9 Å². The van der Waals surface area contributed by atoms with Crippen molar-refractivity contribution in [3.63, 3.8) is 0 Å². The number of carbonyl (C=O) groups is 1. The molecule has 0 spiro atoms. The number of methoxy groups -OCH3 is 1. The second kappa shape index (κ2) is 8.53. The maximum atomic E-state index is 13.2. The van der Waals surface area contributed by atoms with Crippen molar-refractivity contribution < 1.29 is 9.53 Å². The van der Waals surface area contributed by atoms with Gasteiger partial charge in [0.2, 0.25) is 0 Å². The molecular formula is C24H22N4O2. The molecule has 1 amide bonds. The third-order valence-corrected chi connectivity index (χ3v) is 4.75. The van der Waals surface area contributed by atoms with Crippen LogP contribution in [0.4, 0.5) is 5.69 Å². The van der Waals surface area contributed by atoms with E-state index in [2.05, 4.69) is 5.43 Å². The van der Waals surface area contributed by atoms with Crippen LogP contribution in [0.1, 0.15) is 10.4 Å². The van der Waals surface area contributed by atoms with Gasteiger partial charge in [-0.1, -0.05) is 48.5 Å². The van der Waals surface area contributed by atoms with E-state index in [9.17, 15) is 4.79 Å². The summed E-state index contributed by atoms with van der Waals surface area (Å²) in [5.41, 5.74) is 6.42. The maximum absolute atomic E-state index is 13.2. The molecule has 0 saturated heterocycles. The number of hydrogen-bond acceptors (Lipinski definition) is 4. The Balaban J connectivity index is 1.75. The number of amides is 1. The van der Waals surface area contributed by atoms with Crippen LogP contribution in [0.3, 0.4) is 0 Å². The van der Waals surface area contributed by atoms with Gasteiger partial charge in [0.05, 0.1) is 24.0 Å². The molecule has 0 saturated carbocycles. The monoisotopic (exact) mass is 398 g/mol. The number of benzene rings is 3. The first-order valence-electron chi connectivity index (χ1n) is 9.55. The molecule has 0 fully saturated rings. The second-order valence-corrected chi connectivity index (χ2v) is 6.71. The minimum atomic E-state index is -0.260. The van der Waals surface area contributed by atoms with Crippen molar-refractivity contribution in [2.45, 2.75) is 0 Å². The number of ether oxygens (including phenoxy) is 1. The van der Waals surface area contributed by atoms with E-state index in [1.54, 1.807) is 30.0 Å². The smallest absolute Gasteiger partial charge is 0.273 e. The molecule has 30 heavy (non-hydrogen) atoms. The van der Waals surface area contributed by atoms with Crippen LogP contribution in [0.5, 0.6) is 5.75 Å². The van der Waals surface area contributed by atoms with Crippen molar-refractivity contribution in [1.82, 2.24) is 15.2 Å². The van der Waals surface area contributed by atoms with Crippen molar-refractivity contribution in [1.29, 1.82) is 0 Å². The van der Waals surface area contributed by atoms with E-state index >= 15 is 0 Å². The molecule has 0 bridgehead atoms. The van der Waals surface area contributed by atoms with Crippen LogP contribution < -0.4 is 15.2 Å². The number of hydrogen-bond donors (Lipinski definition) is 1. The molecule has 4 aromatic rings. The summed E-state index contributed by atoms with van der Waals surface area (Å²) < 4.78 is 7.22. The predicted octanol–water partition coefficient (Wildman–Crippen LogP) is 4.33. The summed E-state index contributed by atoms with van der Waals surface area (Å²) in [7, 11) is 3.41. The first kappa shape index (κ1) is 19.3. The van der Waals surface area contributed by atoms with Gasteiger partial charge in [0.1, 0.15) is 11.4 Å². The first-order chi connectivity index (χ1) is 14.7. The summed E-state index contributed by atoms with van der Waals surface area (Å²) in [5.74, 6) is 0.394. The Morgan fingerprint density at radius 1 is 0.933 bits per heavy atom. The van der Waals surface area contributed by atoms with Crippen molar-refractivity contribution in [2.24, 2.45) is 0 Å². The molecule has 1 aromatic heterocycles. The van der Waals surface area contributed by atoms with E-state index in [0.29, 0.717) is 17.0 Å². The van der Waals surface area contributed by atoms with Gasteiger partial charge in [-0.3, -0.25) is 15.2 Å². The SMILES string of the molecule is COc1ccccc1-c1nn(-c2ccccc2)cc1C(=O)NN(C)c1ccccc1. The van der Waals surface area contributed by atoms with E-state index < -0.39 is 0 Å². The van der Waals surface area contributed by atoms with Gasteiger partial charge in [0.15, 0.2) is 0 Å². The molecule has 0 aliphatic carbocycles. The highest BCUT2D eigenvalue weighted by Gasteiger charge is 2.22. The summed E-state index contributed by atoms with van der Waals surface area (Å²) >= 11 is 0. The molecule has 0 radical (unpaired) electrons. The second-order valence-electron chi connectivity index (χ2n) is 6.71. The fraction of sp³-hybridized carbons (Fsp3) is 0.0833. The van der Waals surface area contributed by atoms with E-state index in [1.807, 2.05) is 84.9 Å². The molecule has 4 rings (SSSR count). The van der Waals surface area contributed by atoms with Gasteiger partial charge in [0.25, 0.3) is 5.91 Å². The topological polar surface area (TPSA) is 59.4 Å². The van der Waals surface area contributed by atoms with Crippen LogP contribution in [0.25, 0.3) is 16.9 Å². The van der Waals surface area contributed by atoms with Crippen molar-refractivity contribution in [3.05, 3.63) is 96.7 Å². The Morgan fingerprint density at radius 3 is 2.27 bits per heavy atom. The highest BCUT2D eigenvalue weighted by Crippen LogP contribution is 2.31. The highest BCUT2D eigenvalue weighted by molar-refractivity contribution is 6.01. The molecule has 0 unspecified atom stereocenters. The van der Waals surface area contributed by atoms with Crippen LogP contribution in [0, 0.1) is 0 Å². The lowest BCUT2D eigenvalue weighted by atomic mass is 10.1. The largest absolute Gasteiger partial charge is 0.496 e. The van der Waals surface area contributed by atoms with Crippen molar-refractivity contribution in [2.75, 3.05) is 19.2 Å². The molecule has 150 valence electrons. The van der Waals surface area contributed by atoms with Gasteiger partial charge in [-0.15, -0.1) is 0 Å². The minimum absolute atomic E-state index is 0.260. The lowest BCUT2D eigenvalue weighted by Crippen LogP contribution is -2.39. The van der Waals surface area contributed by atoms with Gasteiger partial charge in [0, 0.05) is 18.8 Å². The van der Waals surface area contributed by atoms with Crippen LogP contribution in [-0.2, 0) is 0 Å². The third kappa shape index (κ3) is 3.89. The lowest BCUT2D eigenvalue weighted by Gasteiger charge is -2.20. The predicted molar refractivity (Wildman–Crippen MR) is 118 cm³/mol. The molecule has 3 aromatic carbocycles. The maximum Gasteiger partial charge on any atom is 0.273 e. The number of hydrazine groups is 1. The minimum Gasteiger partial charge on any atom is -0.496 e. The number of aromatic nitrogens is 2. The summed E-state index contributed by atoms with van der Waals surface area (Å²) in [5, 5.41) is 6.41. The van der Waals surface area contributed by atoms with Crippen LogP contribution >= 0.6 is 0 Å². The Kier molecular flexibility index (Phi) is 5.48. The van der Waals surface area contributed by atoms with E-state index in [-0.39, 0.29) is 5.91 Å². The number of para-hydroxylation sites is 3. The van der Waals surface area contributed by atoms with Gasteiger partial charge >= 0.3 is 0 Å². The summed E-state index contributed by atoms with van der Waals surface area (Å²) in [6, 6.07) is 26.9. The summed E-state index contributed by atoms with van der Waals surface area (Å²) in [6.45, 7) is 0. The Labute approximate surface area is 175 Å². The van der Waals surface area contributed by atoms with Crippen molar-refractivity contribution >= 4 is 11.6 Å². The molecular weight excluding hydrogens is 376 g/mol. The number of carbonyl (C=O) groups excluding carboxylic acids is 1. The Hall–Kier alpha value is -4.06. The standard InChI is InChI=1S/C24H22N4O2/c1-27(18-11-5-3-6-12-18)26-24(29)21-17-28(19-13-7-4-8-14-19)25-23(21)20-15-9-10-16-22(20)30-2/h3-17H,1-2H3,(H,26,29). The molecule has 6 heteroatoms. The van der Waals surface area contributed by atoms with Crippen LogP contribution in [0.15, 0.2) is 91.1 Å². The van der Waals surface area contributed by atoms with Crippen LogP contribution in [0.2, 0.25) is 0 Å². The van der Waals surface area contributed by atoms with Crippen LogP contribution in [-0.4, -0.2) is 29.8 Å². The quantitative estimate of drug-likeness (QED) is 0.491. The normalized spacial score (nSPS) is 10.5. The van der Waals surface area contributed by atoms with Gasteiger partial charge < -0.3 is 4.74 Å². The lowest BCUT2D eigenvalue weighted by molar-refractivity contribution is 0.0952. The van der Waals surface area contributed by atoms with Gasteiger partial charge in [-0.2, -0.15) is 5.10 Å². The molecule has 1 N–H and O–H groups in total. The van der Waals surface area contributed by atoms with E-state index in [1.165, 1.54) is 0 Å². The van der Waals surface area contributed by atoms with E-state index in [4.69, 9.17) is 9.84 Å². The van der Waals surface area contributed by atoms with Gasteiger partial charge in [-0.25, -0.2) is 4.68 Å². The zero-order chi connectivity index (χ0) is 20.9. The first-order valence-corrected chi connectivity index (χ1v) is 9.55. The highest BCUT2D eigenvalue weighted by atomic mass is 16.5. The zero-order valence-corrected chi connectivity index (χ0v) is 16.8. The average molecular weight is 398 g/mol. The summed E-state index contributed by atoms with van der Waals surface area (Å²) in [4.78, 5) is 13.2. The van der Waals surface area contributed by atoms with Gasteiger partial charge in [-0.05, 0) is 36.4 Å². The number of rotatable bonds is 6. The average Bonchev–Trinajstić information content (AvgIpc) is 3.25. The third-order valence-electron chi connectivity index (χ3n) is 4.75. The fourth-order valence-corrected chi connectivity index (χ4v) is 3.22. The molecule has 1 heterocycles. The number of nitrogens with one attached hydrogen (secondary N) is 1. The molecule has 6 nitrogen and oxygen atoms in total. The number of nitrogens with zero attached hydrogens (tertiary/aromatic N) is 3. The summed E-state index contributed by atoms with van der Waals surface area (Å²) in [6.07, 6.45) is 1.74. The van der Waals surface area contributed by atoms with Crippen molar-refractivity contribution in [3.8, 4) is 22.7 Å². The number of anilines is 1. The molecule has 0 aliphatic rings. The molecule has 0 aliphatic heterocycles. The molecule has 0 atom stereocenters. The zero-order valence-electron chi connectivity index (χ0n) is 16.8. The Morgan fingerprint density at radius 2 is 1.57 bits per heavy atom.